The first-order valence-electron chi connectivity index (χ1n) is 6.90. The van der Waals surface area contributed by atoms with E-state index in [1.54, 1.807) is 31.4 Å². The molecule has 0 fully saturated rings. The van der Waals surface area contributed by atoms with Gasteiger partial charge in [-0.05, 0) is 36.2 Å². The van der Waals surface area contributed by atoms with Crippen LogP contribution in [-0.2, 0) is 6.42 Å². The predicted molar refractivity (Wildman–Crippen MR) is 84.9 cm³/mol. The third-order valence-corrected chi connectivity index (χ3v) is 3.15. The van der Waals surface area contributed by atoms with Crippen molar-refractivity contribution < 1.29 is 9.53 Å². The molecule has 2 rings (SSSR count). The molecule has 0 saturated heterocycles. The van der Waals surface area contributed by atoms with Crippen molar-refractivity contribution in [1.29, 1.82) is 5.26 Å². The zero-order chi connectivity index (χ0) is 15.8. The number of methoxy groups -OCH3 is 1. The highest BCUT2D eigenvalue weighted by molar-refractivity contribution is 5.90. The quantitative estimate of drug-likeness (QED) is 0.890. The summed E-state index contributed by atoms with van der Waals surface area (Å²) in [5.41, 5.74) is 2.05. The number of nitrogens with one attached hydrogen (secondary N) is 2. The summed E-state index contributed by atoms with van der Waals surface area (Å²) in [7, 11) is 1.62. The highest BCUT2D eigenvalue weighted by atomic mass is 16.5. The van der Waals surface area contributed by atoms with Gasteiger partial charge in [-0.15, -0.1) is 0 Å². The standard InChI is InChI=1S/C17H17N3O2/c1-22-15-8-6-13(7-9-15)10-11-19-17(21)20-16-5-3-2-4-14(16)12-18/h2-9H,10-11H2,1H3,(H2,19,20,21). The number of carbonyl (C=O) groups excluding carboxylic acids is 1. The normalized spacial score (nSPS) is 9.64. The lowest BCUT2D eigenvalue weighted by molar-refractivity contribution is 0.252. The number of nitrogens with zero attached hydrogens (tertiary/aromatic N) is 1. The monoisotopic (exact) mass is 295 g/mol. The molecule has 112 valence electrons. The number of amides is 2. The number of para-hydroxylation sites is 1. The Kier molecular flexibility index (Phi) is 5.38. The van der Waals surface area contributed by atoms with Crippen LogP contribution in [0.1, 0.15) is 11.1 Å². The fourth-order valence-corrected chi connectivity index (χ4v) is 1.97. The highest BCUT2D eigenvalue weighted by Gasteiger charge is 2.05. The van der Waals surface area contributed by atoms with Crippen molar-refractivity contribution in [3.05, 3.63) is 59.7 Å². The van der Waals surface area contributed by atoms with E-state index in [0.29, 0.717) is 17.8 Å². The molecule has 2 aromatic carbocycles. The first kappa shape index (κ1) is 15.4. The largest absolute Gasteiger partial charge is 0.497 e. The Labute approximate surface area is 129 Å². The Hall–Kier alpha value is -3.00. The van der Waals surface area contributed by atoms with Crippen LogP contribution in [0.4, 0.5) is 10.5 Å². The Bertz CT molecular complexity index is 675. The number of nitriles is 1. The smallest absolute Gasteiger partial charge is 0.319 e. The molecule has 0 atom stereocenters. The lowest BCUT2D eigenvalue weighted by Crippen LogP contribution is -2.30. The molecule has 22 heavy (non-hydrogen) atoms. The predicted octanol–water partition coefficient (Wildman–Crippen LogP) is 2.93. The summed E-state index contributed by atoms with van der Waals surface area (Å²) in [5, 5.41) is 14.4. The molecule has 0 aliphatic carbocycles. The minimum atomic E-state index is -0.323. The lowest BCUT2D eigenvalue weighted by Gasteiger charge is -2.09. The molecule has 0 bridgehead atoms. The fraction of sp³-hybridized carbons (Fsp3) is 0.176. The van der Waals surface area contributed by atoms with Gasteiger partial charge in [0.25, 0.3) is 0 Å². The molecule has 0 radical (unpaired) electrons. The van der Waals surface area contributed by atoms with E-state index in [-0.39, 0.29) is 6.03 Å². The number of rotatable bonds is 5. The highest BCUT2D eigenvalue weighted by Crippen LogP contribution is 2.13. The molecule has 2 amide bonds. The molecule has 0 aliphatic heterocycles. The van der Waals surface area contributed by atoms with Gasteiger partial charge in [0.15, 0.2) is 0 Å². The van der Waals surface area contributed by atoms with Crippen LogP contribution in [-0.4, -0.2) is 19.7 Å². The summed E-state index contributed by atoms with van der Waals surface area (Å²) in [5.74, 6) is 0.808. The van der Waals surface area contributed by atoms with Gasteiger partial charge in [-0.25, -0.2) is 4.79 Å². The minimum Gasteiger partial charge on any atom is -0.497 e. The summed E-state index contributed by atoms with van der Waals surface area (Å²) in [6, 6.07) is 16.3. The van der Waals surface area contributed by atoms with Crippen molar-refractivity contribution in [1.82, 2.24) is 5.32 Å². The van der Waals surface area contributed by atoms with Crippen LogP contribution in [0, 0.1) is 11.3 Å². The van der Waals surface area contributed by atoms with E-state index in [0.717, 1.165) is 17.7 Å². The fourth-order valence-electron chi connectivity index (χ4n) is 1.97. The third kappa shape index (κ3) is 4.25. The summed E-state index contributed by atoms with van der Waals surface area (Å²) < 4.78 is 5.09. The van der Waals surface area contributed by atoms with E-state index in [1.165, 1.54) is 0 Å². The number of urea groups is 1. The zero-order valence-corrected chi connectivity index (χ0v) is 12.3. The lowest BCUT2D eigenvalue weighted by atomic mass is 10.1. The number of ether oxygens (including phenoxy) is 1. The Balaban J connectivity index is 1.81. The van der Waals surface area contributed by atoms with Crippen molar-refractivity contribution in [2.45, 2.75) is 6.42 Å². The summed E-state index contributed by atoms with van der Waals surface area (Å²) in [6.07, 6.45) is 0.720. The number of anilines is 1. The molecule has 0 aliphatic rings. The molecule has 0 heterocycles. The van der Waals surface area contributed by atoms with Crippen LogP contribution >= 0.6 is 0 Å². The minimum absolute atomic E-state index is 0.323. The molecule has 2 N–H and O–H groups in total. The summed E-state index contributed by atoms with van der Waals surface area (Å²) in [4.78, 5) is 11.8. The first-order valence-corrected chi connectivity index (χ1v) is 6.90. The van der Waals surface area contributed by atoms with Crippen molar-refractivity contribution in [3.63, 3.8) is 0 Å². The Morgan fingerprint density at radius 1 is 1.18 bits per heavy atom. The molecule has 0 saturated carbocycles. The van der Waals surface area contributed by atoms with Crippen LogP contribution in [0.15, 0.2) is 48.5 Å². The topological polar surface area (TPSA) is 74.2 Å². The van der Waals surface area contributed by atoms with Gasteiger partial charge >= 0.3 is 6.03 Å². The second-order valence-electron chi connectivity index (χ2n) is 4.64. The van der Waals surface area contributed by atoms with Crippen LogP contribution in [0.2, 0.25) is 0 Å². The van der Waals surface area contributed by atoms with Gasteiger partial charge in [0.1, 0.15) is 11.8 Å². The van der Waals surface area contributed by atoms with Crippen LogP contribution in [0.25, 0.3) is 0 Å². The van der Waals surface area contributed by atoms with Gasteiger partial charge in [0, 0.05) is 6.54 Å². The SMILES string of the molecule is COc1ccc(CCNC(=O)Nc2ccccc2C#N)cc1. The van der Waals surface area contributed by atoms with E-state index in [2.05, 4.69) is 10.6 Å². The van der Waals surface area contributed by atoms with Crippen LogP contribution in [0.5, 0.6) is 5.75 Å². The van der Waals surface area contributed by atoms with Crippen molar-refractivity contribution in [2.75, 3.05) is 19.0 Å². The first-order chi connectivity index (χ1) is 10.7. The molecule has 0 aromatic heterocycles. The van der Waals surface area contributed by atoms with Gasteiger partial charge in [-0.3, -0.25) is 0 Å². The molecule has 5 heteroatoms. The maximum atomic E-state index is 11.8. The van der Waals surface area contributed by atoms with Gasteiger partial charge in [0.05, 0.1) is 18.4 Å². The number of carbonyl (C=O) groups is 1. The van der Waals surface area contributed by atoms with E-state index in [1.807, 2.05) is 30.3 Å². The average molecular weight is 295 g/mol. The summed E-state index contributed by atoms with van der Waals surface area (Å²) in [6.45, 7) is 0.507. The van der Waals surface area contributed by atoms with E-state index in [4.69, 9.17) is 10.00 Å². The molecule has 5 nitrogen and oxygen atoms in total. The van der Waals surface area contributed by atoms with E-state index >= 15 is 0 Å². The van der Waals surface area contributed by atoms with Gasteiger partial charge < -0.3 is 15.4 Å². The maximum Gasteiger partial charge on any atom is 0.319 e. The number of hydrogen-bond donors (Lipinski definition) is 2. The van der Waals surface area contributed by atoms with Gasteiger partial charge in [-0.1, -0.05) is 24.3 Å². The van der Waals surface area contributed by atoms with E-state index < -0.39 is 0 Å². The maximum absolute atomic E-state index is 11.8. The molecular weight excluding hydrogens is 278 g/mol. The second-order valence-corrected chi connectivity index (χ2v) is 4.64. The molecule has 0 unspecified atom stereocenters. The Morgan fingerprint density at radius 2 is 1.91 bits per heavy atom. The zero-order valence-electron chi connectivity index (χ0n) is 12.3. The van der Waals surface area contributed by atoms with Gasteiger partial charge in [0.2, 0.25) is 0 Å². The molecule has 0 spiro atoms. The third-order valence-electron chi connectivity index (χ3n) is 3.15. The Morgan fingerprint density at radius 3 is 2.59 bits per heavy atom. The van der Waals surface area contributed by atoms with Crippen molar-refractivity contribution in [3.8, 4) is 11.8 Å². The van der Waals surface area contributed by atoms with Crippen molar-refractivity contribution >= 4 is 11.7 Å². The average Bonchev–Trinajstić information content (AvgIpc) is 2.56. The molecular formula is C17H17N3O2. The number of hydrogen-bond acceptors (Lipinski definition) is 3. The summed E-state index contributed by atoms with van der Waals surface area (Å²) >= 11 is 0. The van der Waals surface area contributed by atoms with Crippen LogP contribution in [0.3, 0.4) is 0 Å². The second kappa shape index (κ2) is 7.70. The van der Waals surface area contributed by atoms with Gasteiger partial charge in [-0.2, -0.15) is 5.26 Å². The number of benzene rings is 2. The molecule has 2 aromatic rings. The van der Waals surface area contributed by atoms with Crippen LogP contribution < -0.4 is 15.4 Å². The van der Waals surface area contributed by atoms with Crippen molar-refractivity contribution in [2.24, 2.45) is 0 Å². The van der Waals surface area contributed by atoms with E-state index in [9.17, 15) is 4.79 Å².